The fourth-order valence-corrected chi connectivity index (χ4v) is 4.13. The van der Waals surface area contributed by atoms with Gasteiger partial charge < -0.3 is 18.9 Å². The molecule has 0 radical (unpaired) electrons. The Morgan fingerprint density at radius 2 is 2.13 bits per heavy atom. The summed E-state index contributed by atoms with van der Waals surface area (Å²) in [4.78, 5) is 28.9. The summed E-state index contributed by atoms with van der Waals surface area (Å²) in [6.45, 7) is 3.26. The second kappa shape index (κ2) is 10.5. The number of benzene rings is 1. The number of ether oxygens (including phenoxy) is 4. The Labute approximate surface area is 185 Å². The molecule has 2 heterocycles. The predicted octanol–water partition coefficient (Wildman–Crippen LogP) is 3.09. The Bertz CT molecular complexity index is 910. The van der Waals surface area contributed by atoms with Crippen LogP contribution in [-0.4, -0.2) is 42.5 Å². The molecular formula is C23H25NO6S. The first-order chi connectivity index (χ1) is 15.0. The van der Waals surface area contributed by atoms with Crippen LogP contribution in [0.25, 0.3) is 0 Å². The van der Waals surface area contributed by atoms with Crippen molar-refractivity contribution in [3.05, 3.63) is 52.5 Å². The number of thiazole rings is 1. The molecule has 1 fully saturated rings. The molecule has 1 aromatic carbocycles. The van der Waals surface area contributed by atoms with E-state index >= 15 is 0 Å². The van der Waals surface area contributed by atoms with Gasteiger partial charge in [0, 0.05) is 25.1 Å². The van der Waals surface area contributed by atoms with E-state index in [4.69, 9.17) is 25.4 Å². The van der Waals surface area contributed by atoms with Gasteiger partial charge in [0.05, 0.1) is 36.4 Å². The van der Waals surface area contributed by atoms with E-state index in [0.717, 1.165) is 5.56 Å². The van der Waals surface area contributed by atoms with Crippen LogP contribution in [0.4, 0.5) is 0 Å². The monoisotopic (exact) mass is 443 g/mol. The number of rotatable bonds is 9. The van der Waals surface area contributed by atoms with Crippen molar-refractivity contribution in [1.82, 2.24) is 4.98 Å². The van der Waals surface area contributed by atoms with E-state index in [1.165, 1.54) is 18.3 Å². The van der Waals surface area contributed by atoms with Crippen LogP contribution in [0.2, 0.25) is 0 Å². The normalized spacial score (nSPS) is 22.3. The molecule has 0 saturated carbocycles. The fraction of sp³-hybridized carbons (Fsp3) is 0.435. The van der Waals surface area contributed by atoms with Crippen LogP contribution < -0.4 is 0 Å². The van der Waals surface area contributed by atoms with Crippen LogP contribution in [0.1, 0.15) is 31.5 Å². The highest BCUT2D eigenvalue weighted by Gasteiger charge is 2.47. The van der Waals surface area contributed by atoms with Gasteiger partial charge in [-0.1, -0.05) is 30.3 Å². The van der Waals surface area contributed by atoms with E-state index in [2.05, 4.69) is 10.9 Å². The Kier molecular flexibility index (Phi) is 7.80. The van der Waals surface area contributed by atoms with Gasteiger partial charge in [-0.05, 0) is 12.5 Å². The average molecular weight is 444 g/mol. The Morgan fingerprint density at radius 3 is 2.74 bits per heavy atom. The van der Waals surface area contributed by atoms with Crippen LogP contribution in [-0.2, 0) is 40.6 Å². The third-order valence-corrected chi connectivity index (χ3v) is 5.56. The summed E-state index contributed by atoms with van der Waals surface area (Å²) in [5.41, 5.74) is 1.54. The van der Waals surface area contributed by atoms with Gasteiger partial charge in [0.15, 0.2) is 0 Å². The molecule has 4 unspecified atom stereocenters. The molecular weight excluding hydrogens is 418 g/mol. The number of hydrogen-bond donors (Lipinski definition) is 0. The minimum Gasteiger partial charge on any atom is -0.464 e. The number of aromatic nitrogens is 1. The van der Waals surface area contributed by atoms with Crippen molar-refractivity contribution in [1.29, 1.82) is 0 Å². The van der Waals surface area contributed by atoms with Gasteiger partial charge in [-0.3, -0.25) is 4.79 Å². The Morgan fingerprint density at radius 1 is 1.35 bits per heavy atom. The maximum Gasteiger partial charge on any atom is 0.345 e. The molecule has 4 atom stereocenters. The number of carbonyl (C=O) groups excluding carboxylic acids is 2. The van der Waals surface area contributed by atoms with Crippen LogP contribution in [0.5, 0.6) is 0 Å². The summed E-state index contributed by atoms with van der Waals surface area (Å²) in [6, 6.07) is 9.51. The topological polar surface area (TPSA) is 84.0 Å². The second-order valence-electron chi connectivity index (χ2n) is 7.12. The van der Waals surface area contributed by atoms with E-state index in [0.29, 0.717) is 12.1 Å². The molecule has 3 rings (SSSR count). The Balaban J connectivity index is 1.88. The van der Waals surface area contributed by atoms with Crippen molar-refractivity contribution in [2.75, 3.05) is 13.2 Å². The lowest BCUT2D eigenvalue weighted by Crippen LogP contribution is -2.45. The molecule has 0 spiro atoms. The van der Waals surface area contributed by atoms with Crippen molar-refractivity contribution in [3.8, 4) is 12.3 Å². The van der Waals surface area contributed by atoms with Gasteiger partial charge in [0.1, 0.15) is 0 Å². The predicted molar refractivity (Wildman–Crippen MR) is 114 cm³/mol. The van der Waals surface area contributed by atoms with Gasteiger partial charge in [0.25, 0.3) is 0 Å². The second-order valence-corrected chi connectivity index (χ2v) is 7.84. The minimum atomic E-state index is -1.46. The Hall–Kier alpha value is -2.73. The lowest BCUT2D eigenvalue weighted by atomic mass is 9.91. The number of nitrogens with zero attached hydrogens (tertiary/aromatic N) is 1. The molecule has 1 saturated heterocycles. The zero-order valence-corrected chi connectivity index (χ0v) is 18.3. The smallest absolute Gasteiger partial charge is 0.345 e. The summed E-state index contributed by atoms with van der Waals surface area (Å²) in [5.74, 6) is 1.36. The maximum atomic E-state index is 13.2. The molecule has 0 amide bonds. The summed E-state index contributed by atoms with van der Waals surface area (Å²) in [7, 11) is 0. The molecule has 1 aliphatic rings. The van der Waals surface area contributed by atoms with Gasteiger partial charge in [0.2, 0.25) is 11.9 Å². The van der Waals surface area contributed by atoms with Crippen LogP contribution in [0.15, 0.2) is 41.2 Å². The zero-order chi connectivity index (χ0) is 22.3. The van der Waals surface area contributed by atoms with Crippen LogP contribution in [0.3, 0.4) is 0 Å². The quantitative estimate of drug-likeness (QED) is 0.435. The SMILES string of the molecule is C#CC1CC(OC(C)=O)OC1COC(Cc1ccccc1)(C(=O)OCC)c1cscn1. The lowest BCUT2D eigenvalue weighted by Gasteiger charge is -2.31. The van der Waals surface area contributed by atoms with Crippen molar-refractivity contribution >= 4 is 23.3 Å². The summed E-state index contributed by atoms with van der Waals surface area (Å²) >= 11 is 1.36. The first-order valence-corrected chi connectivity index (χ1v) is 11.0. The molecule has 0 bridgehead atoms. The van der Waals surface area contributed by atoms with E-state index in [1.807, 2.05) is 30.3 Å². The molecule has 2 aromatic rings. The average Bonchev–Trinajstić information content (AvgIpc) is 3.42. The van der Waals surface area contributed by atoms with Crippen molar-refractivity contribution < 1.29 is 28.5 Å². The highest BCUT2D eigenvalue weighted by molar-refractivity contribution is 7.07. The number of carbonyl (C=O) groups is 2. The zero-order valence-electron chi connectivity index (χ0n) is 17.5. The number of esters is 2. The van der Waals surface area contributed by atoms with Gasteiger partial charge in [-0.2, -0.15) is 0 Å². The van der Waals surface area contributed by atoms with Gasteiger partial charge >= 0.3 is 11.9 Å². The summed E-state index contributed by atoms with van der Waals surface area (Å²) in [6.07, 6.45) is 4.97. The molecule has 164 valence electrons. The van der Waals surface area contributed by atoms with Gasteiger partial charge in [-0.15, -0.1) is 23.7 Å². The summed E-state index contributed by atoms with van der Waals surface area (Å²) in [5, 5.41) is 1.77. The molecule has 1 aromatic heterocycles. The fourth-order valence-electron chi connectivity index (χ4n) is 3.51. The molecule has 8 heteroatoms. The van der Waals surface area contributed by atoms with E-state index < -0.39 is 29.9 Å². The first-order valence-electron chi connectivity index (χ1n) is 10.0. The third kappa shape index (κ3) is 5.50. The molecule has 0 N–H and O–H groups in total. The standard InChI is InChI=1S/C23H25NO6S/c1-4-18-11-21(29-16(3)25)30-19(18)13-28-23(22(26)27-5-2,20-14-31-15-24-20)12-17-9-7-6-8-10-17/h1,6-10,14-15,18-19,21H,5,11-13H2,2-3H3. The molecule has 31 heavy (non-hydrogen) atoms. The number of terminal acetylenes is 1. The lowest BCUT2D eigenvalue weighted by molar-refractivity contribution is -0.191. The van der Waals surface area contributed by atoms with Gasteiger partial charge in [-0.25, -0.2) is 9.78 Å². The summed E-state index contributed by atoms with van der Waals surface area (Å²) < 4.78 is 22.6. The largest absolute Gasteiger partial charge is 0.464 e. The maximum absolute atomic E-state index is 13.2. The first kappa shape index (κ1) is 22.9. The molecule has 1 aliphatic heterocycles. The van der Waals surface area contributed by atoms with Crippen LogP contribution >= 0.6 is 11.3 Å². The minimum absolute atomic E-state index is 0.00973. The number of hydrogen-bond acceptors (Lipinski definition) is 8. The highest BCUT2D eigenvalue weighted by Crippen LogP contribution is 2.35. The van der Waals surface area contributed by atoms with Crippen molar-refractivity contribution in [2.24, 2.45) is 5.92 Å². The van der Waals surface area contributed by atoms with Crippen molar-refractivity contribution in [2.45, 2.75) is 44.7 Å². The van der Waals surface area contributed by atoms with E-state index in [1.54, 1.807) is 17.8 Å². The molecule has 0 aliphatic carbocycles. The molecule has 7 nitrogen and oxygen atoms in total. The van der Waals surface area contributed by atoms with E-state index in [-0.39, 0.29) is 25.6 Å². The van der Waals surface area contributed by atoms with E-state index in [9.17, 15) is 9.59 Å². The highest BCUT2D eigenvalue weighted by atomic mass is 32.1. The van der Waals surface area contributed by atoms with Crippen molar-refractivity contribution in [3.63, 3.8) is 0 Å². The van der Waals surface area contributed by atoms with Crippen LogP contribution in [0, 0.1) is 18.3 Å². The third-order valence-electron chi connectivity index (χ3n) is 4.97.